The van der Waals surface area contributed by atoms with Crippen LogP contribution in [0.4, 0.5) is 0 Å². The molecule has 1 aromatic carbocycles. The number of hydrogen-bond donors (Lipinski definition) is 2. The topological polar surface area (TPSA) is 85.2 Å². The van der Waals surface area contributed by atoms with Crippen molar-refractivity contribution in [3.8, 4) is 11.5 Å². The molecule has 24 heavy (non-hydrogen) atoms. The van der Waals surface area contributed by atoms with Crippen LogP contribution in [0.5, 0.6) is 11.5 Å². The second-order valence-electron chi connectivity index (χ2n) is 6.87. The summed E-state index contributed by atoms with van der Waals surface area (Å²) in [7, 11) is 0.708. The van der Waals surface area contributed by atoms with Gasteiger partial charge in [-0.1, -0.05) is 15.9 Å². The van der Waals surface area contributed by atoms with E-state index in [1.807, 2.05) is 27.7 Å². The number of halogens is 1. The minimum absolute atomic E-state index is 0.0670. The summed E-state index contributed by atoms with van der Waals surface area (Å²) in [5.41, 5.74) is -0.556. The minimum Gasteiger partial charge on any atom is -0.504 e. The number of carboxylic acids is 1. The van der Waals surface area contributed by atoms with E-state index >= 15 is 0 Å². The molecule has 0 aromatic heterocycles. The van der Waals surface area contributed by atoms with Gasteiger partial charge in [-0.15, -0.1) is 0 Å². The number of rotatable bonds is 5. The minimum atomic E-state index is -0.975. The highest BCUT2D eigenvalue weighted by Crippen LogP contribution is 2.44. The van der Waals surface area contributed by atoms with Gasteiger partial charge < -0.3 is 24.3 Å². The predicted octanol–water partition coefficient (Wildman–Crippen LogP) is 3.35. The lowest BCUT2D eigenvalue weighted by molar-refractivity contribution is -0.137. The van der Waals surface area contributed by atoms with Crippen molar-refractivity contribution in [1.29, 1.82) is 0 Å². The second-order valence-corrected chi connectivity index (χ2v) is 7.73. The molecule has 1 atom stereocenters. The van der Waals surface area contributed by atoms with Gasteiger partial charge in [-0.05, 0) is 45.4 Å². The van der Waals surface area contributed by atoms with Gasteiger partial charge >= 0.3 is 13.1 Å². The van der Waals surface area contributed by atoms with Crippen molar-refractivity contribution in [2.75, 3.05) is 7.11 Å². The van der Waals surface area contributed by atoms with E-state index < -0.39 is 30.1 Å². The average molecular weight is 401 g/mol. The van der Waals surface area contributed by atoms with Gasteiger partial charge in [0, 0.05) is 10.3 Å². The van der Waals surface area contributed by atoms with Crippen LogP contribution < -0.4 is 4.74 Å². The van der Waals surface area contributed by atoms with E-state index in [1.165, 1.54) is 13.2 Å². The van der Waals surface area contributed by atoms with Gasteiger partial charge in [0.05, 0.1) is 24.7 Å². The van der Waals surface area contributed by atoms with Crippen LogP contribution in [0.3, 0.4) is 0 Å². The van der Waals surface area contributed by atoms with Crippen molar-refractivity contribution >= 4 is 29.0 Å². The predicted molar refractivity (Wildman–Crippen MR) is 93.4 cm³/mol. The Balaban J connectivity index is 2.44. The maximum atomic E-state index is 11.4. The lowest BCUT2D eigenvalue weighted by Crippen LogP contribution is -2.41. The van der Waals surface area contributed by atoms with Crippen LogP contribution in [0.25, 0.3) is 0 Å². The highest BCUT2D eigenvalue weighted by atomic mass is 79.9. The quantitative estimate of drug-likeness (QED) is 0.737. The molecule has 6 nitrogen and oxygen atoms in total. The van der Waals surface area contributed by atoms with Gasteiger partial charge in [-0.25, -0.2) is 0 Å². The molecule has 1 aliphatic heterocycles. The van der Waals surface area contributed by atoms with Crippen molar-refractivity contribution in [2.24, 2.45) is 0 Å². The first-order valence-electron chi connectivity index (χ1n) is 7.62. The third kappa shape index (κ3) is 3.55. The highest BCUT2D eigenvalue weighted by molar-refractivity contribution is 9.10. The first kappa shape index (κ1) is 19.1. The Hall–Kier alpha value is -1.25. The number of aromatic hydroxyl groups is 1. The standard InChI is InChI=1S/C16H22BBrO6/c1-15(2)16(3,4)24-17(23-15)10(7-14(20)21)9-6-12(19)13(22-5)8-11(9)18/h6,8,10,19H,7H2,1-5H3,(H,20,21). The van der Waals surface area contributed by atoms with Gasteiger partial charge in [-0.3, -0.25) is 4.79 Å². The molecule has 8 heteroatoms. The Morgan fingerprint density at radius 3 is 2.29 bits per heavy atom. The van der Waals surface area contributed by atoms with Crippen LogP contribution in [0.2, 0.25) is 0 Å². The molecule has 1 saturated heterocycles. The van der Waals surface area contributed by atoms with Gasteiger partial charge in [0.2, 0.25) is 0 Å². The fraction of sp³-hybridized carbons (Fsp3) is 0.562. The zero-order valence-corrected chi connectivity index (χ0v) is 16.0. The second kappa shape index (κ2) is 6.57. The number of methoxy groups -OCH3 is 1. The van der Waals surface area contributed by atoms with E-state index in [9.17, 15) is 15.0 Å². The smallest absolute Gasteiger partial charge is 0.466 e. The Kier molecular flexibility index (Phi) is 5.23. The molecule has 1 heterocycles. The van der Waals surface area contributed by atoms with Gasteiger partial charge in [0.25, 0.3) is 0 Å². The van der Waals surface area contributed by atoms with Gasteiger partial charge in [0.1, 0.15) is 0 Å². The Bertz CT molecular complexity index is 630. The van der Waals surface area contributed by atoms with E-state index in [2.05, 4.69) is 15.9 Å². The Morgan fingerprint density at radius 2 is 1.83 bits per heavy atom. The molecule has 0 saturated carbocycles. The average Bonchev–Trinajstić information content (AvgIpc) is 2.66. The Morgan fingerprint density at radius 1 is 1.29 bits per heavy atom. The number of hydrogen-bond acceptors (Lipinski definition) is 5. The molecule has 0 aliphatic carbocycles. The van der Waals surface area contributed by atoms with E-state index in [-0.39, 0.29) is 12.2 Å². The van der Waals surface area contributed by atoms with Crippen LogP contribution in [-0.2, 0) is 14.1 Å². The Labute approximate surface area is 150 Å². The number of benzene rings is 1. The summed E-state index contributed by atoms with van der Waals surface area (Å²) in [6, 6.07) is 3.09. The summed E-state index contributed by atoms with van der Waals surface area (Å²) in [6.07, 6.45) is -0.193. The summed E-state index contributed by atoms with van der Waals surface area (Å²) in [4.78, 5) is 11.4. The summed E-state index contributed by atoms with van der Waals surface area (Å²) in [6.45, 7) is 7.63. The molecule has 132 valence electrons. The molecule has 0 spiro atoms. The number of ether oxygens (including phenoxy) is 1. The van der Waals surface area contributed by atoms with E-state index in [0.29, 0.717) is 15.8 Å². The molecule has 1 aromatic rings. The molecule has 0 bridgehead atoms. The van der Waals surface area contributed by atoms with Crippen molar-refractivity contribution in [1.82, 2.24) is 0 Å². The fourth-order valence-corrected chi connectivity index (χ4v) is 3.22. The lowest BCUT2D eigenvalue weighted by atomic mass is 9.66. The van der Waals surface area contributed by atoms with Crippen LogP contribution in [-0.4, -0.2) is 41.6 Å². The molecule has 0 radical (unpaired) electrons. The normalized spacial score (nSPS) is 20.0. The number of phenols is 1. The number of phenolic OH excluding ortho intramolecular Hbond substituents is 1. The summed E-state index contributed by atoms with van der Waals surface area (Å²) in [5.74, 6) is -1.33. The van der Waals surface area contributed by atoms with Gasteiger partial charge in [-0.2, -0.15) is 0 Å². The zero-order valence-electron chi connectivity index (χ0n) is 14.4. The summed E-state index contributed by atoms with van der Waals surface area (Å²) in [5, 5.41) is 19.4. The van der Waals surface area contributed by atoms with Gasteiger partial charge in [0.15, 0.2) is 11.5 Å². The summed E-state index contributed by atoms with van der Waals surface area (Å²) >= 11 is 3.42. The maximum Gasteiger partial charge on any atom is 0.466 e. The number of aliphatic carboxylic acids is 1. The van der Waals surface area contributed by atoms with Crippen LogP contribution in [0.15, 0.2) is 16.6 Å². The van der Waals surface area contributed by atoms with Crippen LogP contribution in [0, 0.1) is 0 Å². The van der Waals surface area contributed by atoms with Crippen molar-refractivity contribution in [2.45, 2.75) is 51.1 Å². The number of carbonyl (C=O) groups is 1. The van der Waals surface area contributed by atoms with E-state index in [0.717, 1.165) is 0 Å². The third-order valence-corrected chi connectivity index (χ3v) is 5.38. The largest absolute Gasteiger partial charge is 0.504 e. The molecular weight excluding hydrogens is 379 g/mol. The molecule has 2 N–H and O–H groups in total. The monoisotopic (exact) mass is 400 g/mol. The summed E-state index contributed by atoms with van der Waals surface area (Å²) < 4.78 is 17.7. The SMILES string of the molecule is COc1cc(Br)c(C(CC(=O)O)B2OC(C)(C)C(C)(C)O2)cc1O. The highest BCUT2D eigenvalue weighted by Gasteiger charge is 2.54. The molecule has 1 aliphatic rings. The van der Waals surface area contributed by atoms with Crippen LogP contribution >= 0.6 is 15.9 Å². The third-order valence-electron chi connectivity index (χ3n) is 4.69. The fourth-order valence-electron chi connectivity index (χ4n) is 2.60. The van der Waals surface area contributed by atoms with Crippen molar-refractivity contribution < 1.29 is 29.1 Å². The number of carboxylic acid groups (broad SMARTS) is 1. The molecule has 1 fully saturated rings. The maximum absolute atomic E-state index is 11.4. The van der Waals surface area contributed by atoms with E-state index in [4.69, 9.17) is 14.0 Å². The first-order chi connectivity index (χ1) is 11.0. The molecule has 0 amide bonds. The van der Waals surface area contributed by atoms with E-state index in [1.54, 1.807) is 6.07 Å². The zero-order chi connectivity index (χ0) is 18.3. The first-order valence-corrected chi connectivity index (χ1v) is 8.41. The molecular formula is C16H22BBrO6. The van der Waals surface area contributed by atoms with Crippen molar-refractivity contribution in [3.05, 3.63) is 22.2 Å². The van der Waals surface area contributed by atoms with Crippen molar-refractivity contribution in [3.63, 3.8) is 0 Å². The molecule has 2 rings (SSSR count). The van der Waals surface area contributed by atoms with Crippen LogP contribution in [0.1, 0.15) is 45.5 Å². The lowest BCUT2D eigenvalue weighted by Gasteiger charge is -2.32. The molecule has 1 unspecified atom stereocenters.